The molecule has 0 spiro atoms. The summed E-state index contributed by atoms with van der Waals surface area (Å²) in [6.07, 6.45) is -7.26. The van der Waals surface area contributed by atoms with Crippen molar-refractivity contribution in [3.63, 3.8) is 0 Å². The molecule has 1 heterocycles. The molecule has 4 aliphatic rings. The smallest absolute Gasteiger partial charge is 0.338 e. The molecule has 3 aliphatic carbocycles. The Kier molecular flexibility index (Phi) is 6.40. The number of hydrogen-bond donors (Lipinski definition) is 4. The van der Waals surface area contributed by atoms with Gasteiger partial charge >= 0.3 is 11.9 Å². The van der Waals surface area contributed by atoms with Crippen LogP contribution in [0.2, 0.25) is 0 Å². The zero-order chi connectivity index (χ0) is 28.7. The normalized spacial score (nSPS) is 42.7. The number of rotatable bonds is 3. The van der Waals surface area contributed by atoms with Crippen LogP contribution in [0.1, 0.15) is 57.8 Å². The third-order valence-corrected chi connectivity index (χ3v) is 9.95. The fourth-order valence-electron chi connectivity index (χ4n) is 7.66. The molecule has 4 N–H and O–H groups in total. The molecule has 6 unspecified atom stereocenters. The maximum Gasteiger partial charge on any atom is 0.338 e. The van der Waals surface area contributed by atoms with E-state index in [-0.39, 0.29) is 30.6 Å². The topological polar surface area (TPSA) is 160 Å². The Balaban J connectivity index is 1.81. The van der Waals surface area contributed by atoms with Crippen LogP contribution in [0.25, 0.3) is 0 Å². The monoisotopic (exact) mass is 544 g/mol. The molecule has 3 fully saturated rings. The number of ether oxygens (including phenoxy) is 3. The fraction of sp³-hybridized carbons (Fsp3) is 0.621. The van der Waals surface area contributed by atoms with Crippen molar-refractivity contribution in [2.45, 2.75) is 89.2 Å². The molecule has 2 bridgehead atoms. The second-order valence-corrected chi connectivity index (χ2v) is 12.2. The summed E-state index contributed by atoms with van der Waals surface area (Å²) in [5.41, 5.74) is -6.24. The Bertz CT molecular complexity index is 1240. The number of ketones is 1. The molecule has 1 saturated heterocycles. The summed E-state index contributed by atoms with van der Waals surface area (Å²) in [4.78, 5) is 40.3. The van der Waals surface area contributed by atoms with Crippen molar-refractivity contribution in [3.05, 3.63) is 47.0 Å². The van der Waals surface area contributed by atoms with Gasteiger partial charge in [-0.15, -0.1) is 0 Å². The molecule has 5 rings (SSSR count). The Labute approximate surface area is 226 Å². The number of aliphatic hydroxyl groups is 4. The summed E-state index contributed by atoms with van der Waals surface area (Å²) >= 11 is 0. The molecule has 212 valence electrons. The van der Waals surface area contributed by atoms with Crippen molar-refractivity contribution in [1.29, 1.82) is 0 Å². The largest absolute Gasteiger partial charge is 0.455 e. The third kappa shape index (κ3) is 3.62. The third-order valence-electron chi connectivity index (χ3n) is 9.95. The maximum atomic E-state index is 14.3. The molecule has 0 radical (unpaired) electrons. The summed E-state index contributed by atoms with van der Waals surface area (Å²) in [6.45, 7) is 7.29. The minimum absolute atomic E-state index is 0.0828. The van der Waals surface area contributed by atoms with Gasteiger partial charge in [0.05, 0.1) is 35.7 Å². The molecule has 0 aromatic heterocycles. The average molecular weight is 545 g/mol. The molecular weight excluding hydrogens is 508 g/mol. The lowest BCUT2D eigenvalue weighted by atomic mass is 9.44. The second kappa shape index (κ2) is 8.94. The highest BCUT2D eigenvalue weighted by atomic mass is 16.6. The van der Waals surface area contributed by atoms with Gasteiger partial charge in [0.1, 0.15) is 23.9 Å². The van der Waals surface area contributed by atoms with E-state index >= 15 is 0 Å². The highest BCUT2D eigenvalue weighted by Gasteiger charge is 2.77. The Hall–Kier alpha value is -2.63. The quantitative estimate of drug-likeness (QED) is 0.320. The highest BCUT2D eigenvalue weighted by Crippen LogP contribution is 2.63. The van der Waals surface area contributed by atoms with Crippen molar-refractivity contribution in [2.24, 2.45) is 16.7 Å². The van der Waals surface area contributed by atoms with E-state index in [1.54, 1.807) is 39.0 Å². The summed E-state index contributed by atoms with van der Waals surface area (Å²) in [5.74, 6) is -3.60. The zero-order valence-corrected chi connectivity index (χ0v) is 22.7. The number of aliphatic hydroxyl groups excluding tert-OH is 3. The number of Topliss-reactive ketones (excluding diaryl/α,β-unsaturated/α-hetero) is 1. The van der Waals surface area contributed by atoms with Gasteiger partial charge < -0.3 is 34.6 Å². The molecule has 10 nitrogen and oxygen atoms in total. The van der Waals surface area contributed by atoms with E-state index in [0.29, 0.717) is 5.57 Å². The van der Waals surface area contributed by atoms with Crippen molar-refractivity contribution >= 4 is 17.7 Å². The van der Waals surface area contributed by atoms with Crippen molar-refractivity contribution in [1.82, 2.24) is 0 Å². The molecular formula is C29H36O10. The second-order valence-electron chi connectivity index (χ2n) is 12.2. The molecule has 1 aromatic rings. The highest BCUT2D eigenvalue weighted by molar-refractivity contribution is 5.94. The van der Waals surface area contributed by atoms with Crippen LogP contribution in [0.3, 0.4) is 0 Å². The number of hydrogen-bond acceptors (Lipinski definition) is 10. The van der Waals surface area contributed by atoms with Gasteiger partial charge in [0, 0.05) is 25.2 Å². The van der Waals surface area contributed by atoms with E-state index in [9.17, 15) is 34.8 Å². The number of fused-ring (bicyclic) bond motifs is 5. The molecule has 39 heavy (non-hydrogen) atoms. The first-order valence-electron chi connectivity index (χ1n) is 13.2. The summed E-state index contributed by atoms with van der Waals surface area (Å²) in [6, 6.07) is 8.08. The number of carbonyl (C=O) groups excluding carboxylic acids is 3. The number of esters is 2. The van der Waals surface area contributed by atoms with Crippen molar-refractivity contribution < 1.29 is 49.0 Å². The fourth-order valence-corrected chi connectivity index (χ4v) is 7.66. The van der Waals surface area contributed by atoms with E-state index < -0.39 is 76.2 Å². The lowest BCUT2D eigenvalue weighted by Gasteiger charge is -2.67. The van der Waals surface area contributed by atoms with E-state index in [0.717, 1.165) is 0 Å². The Morgan fingerprint density at radius 2 is 1.72 bits per heavy atom. The van der Waals surface area contributed by atoms with E-state index in [2.05, 4.69) is 0 Å². The summed E-state index contributed by atoms with van der Waals surface area (Å²) < 4.78 is 17.7. The molecule has 1 aliphatic heterocycles. The molecule has 1 aromatic carbocycles. The lowest BCUT2D eigenvalue weighted by molar-refractivity contribution is -0.345. The first-order valence-corrected chi connectivity index (χ1v) is 13.2. The Morgan fingerprint density at radius 3 is 2.28 bits per heavy atom. The molecule has 10 heteroatoms. The van der Waals surface area contributed by atoms with Crippen LogP contribution < -0.4 is 0 Å². The zero-order valence-electron chi connectivity index (χ0n) is 22.7. The van der Waals surface area contributed by atoms with Crippen LogP contribution in [0, 0.1) is 16.7 Å². The van der Waals surface area contributed by atoms with Gasteiger partial charge in [0.25, 0.3) is 0 Å². The van der Waals surface area contributed by atoms with Gasteiger partial charge in [-0.1, -0.05) is 32.0 Å². The van der Waals surface area contributed by atoms with Gasteiger partial charge in [-0.3, -0.25) is 9.59 Å². The van der Waals surface area contributed by atoms with Gasteiger partial charge in [0.2, 0.25) is 0 Å². The van der Waals surface area contributed by atoms with Crippen molar-refractivity contribution in [3.8, 4) is 0 Å². The first-order chi connectivity index (χ1) is 18.1. The average Bonchev–Trinajstić information content (AvgIpc) is 2.87. The van der Waals surface area contributed by atoms with Gasteiger partial charge in [-0.25, -0.2) is 4.79 Å². The first kappa shape index (κ1) is 27.9. The number of benzene rings is 1. The van der Waals surface area contributed by atoms with Crippen LogP contribution in [0.5, 0.6) is 0 Å². The summed E-state index contributed by atoms with van der Waals surface area (Å²) in [5, 5.41) is 46.7. The molecule has 0 amide bonds. The van der Waals surface area contributed by atoms with Crippen LogP contribution in [-0.4, -0.2) is 86.5 Å². The lowest BCUT2D eigenvalue weighted by Crippen LogP contribution is -2.81. The van der Waals surface area contributed by atoms with Gasteiger partial charge in [-0.2, -0.15) is 0 Å². The predicted molar refractivity (Wildman–Crippen MR) is 135 cm³/mol. The van der Waals surface area contributed by atoms with Crippen LogP contribution in [-0.2, 0) is 23.8 Å². The van der Waals surface area contributed by atoms with Crippen LogP contribution in [0.15, 0.2) is 41.5 Å². The summed E-state index contributed by atoms with van der Waals surface area (Å²) in [7, 11) is 0. The minimum atomic E-state index is -2.07. The van der Waals surface area contributed by atoms with Crippen molar-refractivity contribution in [2.75, 3.05) is 6.61 Å². The Morgan fingerprint density at radius 1 is 1.08 bits per heavy atom. The van der Waals surface area contributed by atoms with E-state index in [1.807, 2.05) is 0 Å². The predicted octanol–water partition coefficient (Wildman–Crippen LogP) is 1.08. The van der Waals surface area contributed by atoms with Crippen LogP contribution >= 0.6 is 0 Å². The van der Waals surface area contributed by atoms with Gasteiger partial charge in [0.15, 0.2) is 11.4 Å². The minimum Gasteiger partial charge on any atom is -0.455 e. The standard InChI is InChI=1S/C29H36O10/c1-14-17(31)12-29(36)24(38-25(35)16-9-7-6-8-10-16)22-27(5,23(34)21(33)20(14)26(29,3)4)18(32)11-19-28(22,13-37-19)39-15(2)30/h6-10,17-19,21-22,24,31-33,36H,11-13H2,1-5H3/t17?,18?,19?,21?,22?,24?,27-,28+,29-/m1/s1. The number of carbonyl (C=O) groups is 3. The van der Waals surface area contributed by atoms with E-state index in [1.165, 1.54) is 26.0 Å². The van der Waals surface area contributed by atoms with Crippen LogP contribution in [0.4, 0.5) is 0 Å². The molecule has 2 saturated carbocycles. The maximum absolute atomic E-state index is 14.3. The molecule has 9 atom stereocenters. The van der Waals surface area contributed by atoms with Gasteiger partial charge in [-0.05, 0) is 37.1 Å². The SMILES string of the molecule is CC(=O)O[C@@]12COC1CC(O)[C@@]1(C)C(=O)C(O)C3=C(C)C(O)C[C@@](O)(C(OC(=O)c4ccccc4)C21)C3(C)C. The van der Waals surface area contributed by atoms with E-state index in [4.69, 9.17) is 14.2 Å².